The predicted octanol–water partition coefficient (Wildman–Crippen LogP) is 7.80. The summed E-state index contributed by atoms with van der Waals surface area (Å²) in [5, 5.41) is 10.5. The Morgan fingerprint density at radius 2 is 1.47 bits per heavy atom. The molecule has 0 heterocycles. The molecule has 5 rings (SSSR count). The molecule has 0 aromatic carbocycles. The molecule has 0 bridgehead atoms. The van der Waals surface area contributed by atoms with Crippen molar-refractivity contribution in [1.29, 1.82) is 0 Å². The zero-order valence-corrected chi connectivity index (χ0v) is 24.1. The molecule has 8 atom stereocenters. The fourth-order valence-corrected chi connectivity index (χ4v) is 11.1. The molecule has 5 aliphatic rings. The van der Waals surface area contributed by atoms with Crippen molar-refractivity contribution in [2.75, 3.05) is 0 Å². The molecule has 1 N–H and O–H groups in total. The van der Waals surface area contributed by atoms with Gasteiger partial charge < -0.3 is 9.84 Å². The van der Waals surface area contributed by atoms with Gasteiger partial charge in [0.05, 0.1) is 5.41 Å². The van der Waals surface area contributed by atoms with Crippen LogP contribution in [-0.2, 0) is 14.3 Å². The second kappa shape index (κ2) is 7.85. The highest BCUT2D eigenvalue weighted by atomic mass is 16.5. The Morgan fingerprint density at radius 1 is 0.806 bits per heavy atom. The van der Waals surface area contributed by atoms with E-state index in [9.17, 15) is 14.7 Å². The van der Waals surface area contributed by atoms with Crippen LogP contribution < -0.4 is 0 Å². The van der Waals surface area contributed by atoms with E-state index < -0.39 is 11.4 Å². The van der Waals surface area contributed by atoms with Crippen molar-refractivity contribution < 1.29 is 19.4 Å². The first-order valence-corrected chi connectivity index (χ1v) is 14.7. The Kier molecular flexibility index (Phi) is 5.74. The van der Waals surface area contributed by atoms with Gasteiger partial charge in [-0.2, -0.15) is 0 Å². The average Bonchev–Trinajstić information content (AvgIpc) is 2.75. The molecule has 36 heavy (non-hydrogen) atoms. The van der Waals surface area contributed by atoms with E-state index in [0.29, 0.717) is 17.8 Å². The summed E-state index contributed by atoms with van der Waals surface area (Å²) >= 11 is 0. The molecule has 4 heteroatoms. The number of aliphatic carboxylic acids is 1. The zero-order valence-electron chi connectivity index (χ0n) is 24.1. The topological polar surface area (TPSA) is 63.6 Å². The first kappa shape index (κ1) is 26.3. The van der Waals surface area contributed by atoms with Gasteiger partial charge in [-0.25, -0.2) is 0 Å². The molecule has 0 saturated heterocycles. The van der Waals surface area contributed by atoms with E-state index in [-0.39, 0.29) is 39.1 Å². The summed E-state index contributed by atoms with van der Waals surface area (Å²) in [5.74, 6) is 0.791. The van der Waals surface area contributed by atoms with Crippen LogP contribution in [0.15, 0.2) is 11.6 Å². The highest BCUT2D eigenvalue weighted by Crippen LogP contribution is 2.76. The maximum atomic E-state index is 12.8. The molecule has 0 radical (unpaired) electrons. The van der Waals surface area contributed by atoms with E-state index in [0.717, 1.165) is 44.9 Å². The number of carboxylic acid groups (broad SMARTS) is 1. The number of hydrogen-bond donors (Lipinski definition) is 1. The Labute approximate surface area is 219 Å². The van der Waals surface area contributed by atoms with Crippen molar-refractivity contribution in [2.45, 2.75) is 126 Å². The second-order valence-corrected chi connectivity index (χ2v) is 15.5. The summed E-state index contributed by atoms with van der Waals surface area (Å²) in [7, 11) is 0. The van der Waals surface area contributed by atoms with Gasteiger partial charge in [0.2, 0.25) is 0 Å². The normalized spacial score (nSPS) is 48.8. The van der Waals surface area contributed by atoms with E-state index in [2.05, 4.69) is 54.5 Å². The predicted molar refractivity (Wildman–Crippen MR) is 142 cm³/mol. The number of allylic oxidation sites excluding steroid dienone is 1. The third-order valence-electron chi connectivity index (χ3n) is 13.3. The molecule has 8 unspecified atom stereocenters. The third kappa shape index (κ3) is 3.30. The highest BCUT2D eigenvalue weighted by Gasteiger charge is 2.70. The smallest absolute Gasteiger partial charge is 0.313 e. The Balaban J connectivity index is 1.54. The maximum Gasteiger partial charge on any atom is 0.313 e. The van der Waals surface area contributed by atoms with Crippen molar-refractivity contribution in [3.8, 4) is 0 Å². The fraction of sp³-hybridized carbons (Fsp3) is 0.875. The Hall–Kier alpha value is -1.32. The van der Waals surface area contributed by atoms with Gasteiger partial charge in [0.15, 0.2) is 0 Å². The molecule has 0 aromatic heterocycles. The standard InChI is InChI=1S/C32H50O4/c1-20(33)36-25-12-13-29(6)23(28(25,4)5)11-14-31(8)24(29)10-9-21-22-19-27(2,3)15-17-32(22,26(34)35)18-16-30(21,31)7/h19,21,23-25H,9-18H2,1-8H3,(H,34,35). The maximum absolute atomic E-state index is 12.8. The van der Waals surface area contributed by atoms with E-state index in [1.807, 2.05) is 0 Å². The molecule has 4 saturated carbocycles. The monoisotopic (exact) mass is 498 g/mol. The largest absolute Gasteiger partial charge is 0.481 e. The van der Waals surface area contributed by atoms with Gasteiger partial charge in [0.1, 0.15) is 6.10 Å². The van der Waals surface area contributed by atoms with Crippen molar-refractivity contribution >= 4 is 11.9 Å². The number of rotatable bonds is 2. The molecule has 0 aliphatic heterocycles. The number of fused-ring (bicyclic) bond motifs is 7. The molecular formula is C32H50O4. The molecule has 202 valence electrons. The first-order chi connectivity index (χ1) is 16.5. The van der Waals surface area contributed by atoms with Gasteiger partial charge in [0, 0.05) is 12.3 Å². The van der Waals surface area contributed by atoms with E-state index >= 15 is 0 Å². The average molecular weight is 499 g/mol. The summed E-state index contributed by atoms with van der Waals surface area (Å²) < 4.78 is 5.88. The summed E-state index contributed by atoms with van der Waals surface area (Å²) in [5.41, 5.74) is 1.23. The van der Waals surface area contributed by atoms with Crippen LogP contribution in [0.5, 0.6) is 0 Å². The van der Waals surface area contributed by atoms with Crippen molar-refractivity contribution in [3.63, 3.8) is 0 Å². The summed E-state index contributed by atoms with van der Waals surface area (Å²) in [6.07, 6.45) is 12.7. The van der Waals surface area contributed by atoms with Gasteiger partial charge in [-0.1, -0.05) is 60.1 Å². The Morgan fingerprint density at radius 3 is 2.11 bits per heavy atom. The lowest BCUT2D eigenvalue weighted by Crippen LogP contribution is -2.66. The van der Waals surface area contributed by atoms with Gasteiger partial charge >= 0.3 is 11.9 Å². The first-order valence-electron chi connectivity index (χ1n) is 14.7. The van der Waals surface area contributed by atoms with Crippen molar-refractivity contribution in [2.24, 2.45) is 50.2 Å². The molecule has 0 aromatic rings. The number of carbonyl (C=O) groups is 2. The van der Waals surface area contributed by atoms with Gasteiger partial charge in [-0.3, -0.25) is 9.59 Å². The van der Waals surface area contributed by atoms with Crippen LogP contribution in [0, 0.1) is 50.2 Å². The van der Waals surface area contributed by atoms with Gasteiger partial charge in [0.25, 0.3) is 0 Å². The van der Waals surface area contributed by atoms with Crippen molar-refractivity contribution in [1.82, 2.24) is 0 Å². The minimum absolute atomic E-state index is 0.00449. The minimum Gasteiger partial charge on any atom is -0.481 e. The van der Waals surface area contributed by atoms with Crippen molar-refractivity contribution in [3.05, 3.63) is 11.6 Å². The van der Waals surface area contributed by atoms with Crippen LogP contribution in [-0.4, -0.2) is 23.1 Å². The highest BCUT2D eigenvalue weighted by molar-refractivity contribution is 5.80. The van der Waals surface area contributed by atoms with E-state index in [1.54, 1.807) is 6.92 Å². The minimum atomic E-state index is -0.645. The summed E-state index contributed by atoms with van der Waals surface area (Å²) in [6, 6.07) is 0. The van der Waals surface area contributed by atoms with Gasteiger partial charge in [-0.05, 0) is 104 Å². The molecule has 0 amide bonds. The molecule has 5 aliphatic carbocycles. The molecule has 4 nitrogen and oxygen atoms in total. The molecular weight excluding hydrogens is 448 g/mol. The third-order valence-corrected chi connectivity index (χ3v) is 13.3. The van der Waals surface area contributed by atoms with E-state index in [1.165, 1.54) is 24.8 Å². The van der Waals surface area contributed by atoms with Gasteiger partial charge in [-0.15, -0.1) is 0 Å². The quantitative estimate of drug-likeness (QED) is 0.311. The van der Waals surface area contributed by atoms with Crippen LogP contribution in [0.25, 0.3) is 0 Å². The van der Waals surface area contributed by atoms with E-state index in [4.69, 9.17) is 4.74 Å². The summed E-state index contributed by atoms with van der Waals surface area (Å²) in [4.78, 5) is 24.7. The van der Waals surface area contributed by atoms with Crippen LogP contribution in [0.4, 0.5) is 0 Å². The molecule has 0 spiro atoms. The number of ether oxygens (including phenoxy) is 1. The zero-order chi connectivity index (χ0) is 26.5. The number of esters is 1. The number of hydrogen-bond acceptors (Lipinski definition) is 3. The van der Waals surface area contributed by atoms with Crippen LogP contribution in [0.1, 0.15) is 120 Å². The lowest BCUT2D eigenvalue weighted by atomic mass is 9.32. The number of carboxylic acids is 1. The summed E-state index contributed by atoms with van der Waals surface area (Å²) in [6.45, 7) is 18.5. The number of carbonyl (C=O) groups excluding carboxylic acids is 1. The lowest BCUT2D eigenvalue weighted by molar-refractivity contribution is -0.233. The van der Waals surface area contributed by atoms with Crippen LogP contribution in [0.2, 0.25) is 0 Å². The fourth-order valence-electron chi connectivity index (χ4n) is 11.1. The van der Waals surface area contributed by atoms with Crippen LogP contribution >= 0.6 is 0 Å². The van der Waals surface area contributed by atoms with Crippen LogP contribution in [0.3, 0.4) is 0 Å². The molecule has 4 fully saturated rings. The Bertz CT molecular complexity index is 992. The lowest BCUT2D eigenvalue weighted by Gasteiger charge is -2.72. The second-order valence-electron chi connectivity index (χ2n) is 15.5. The SMILES string of the molecule is CC(=O)OC1CCC2(C)C(CCC3(C)C2CCC2C4=CC(C)(C)CCC4(C(=O)O)CCC23C)C1(C)C.